The zero-order valence-corrected chi connectivity index (χ0v) is 13.1. The van der Waals surface area contributed by atoms with Crippen LogP contribution in [0.5, 0.6) is 17.2 Å². The normalized spacial score (nSPS) is 10.8. The van der Waals surface area contributed by atoms with Crippen molar-refractivity contribution in [2.24, 2.45) is 0 Å². The van der Waals surface area contributed by atoms with E-state index in [2.05, 4.69) is 18.8 Å². The van der Waals surface area contributed by atoms with Crippen LogP contribution in [-0.4, -0.2) is 23.3 Å². The predicted molar refractivity (Wildman–Crippen MR) is 87.0 cm³/mol. The average molecular weight is 305 g/mol. The van der Waals surface area contributed by atoms with Crippen LogP contribution in [0.25, 0.3) is 10.9 Å². The highest BCUT2D eigenvalue weighted by Gasteiger charge is 2.16. The second-order valence-corrected chi connectivity index (χ2v) is 5.25. The van der Waals surface area contributed by atoms with Crippen molar-refractivity contribution in [3.8, 4) is 17.2 Å². The minimum absolute atomic E-state index is 0.0994. The minimum atomic E-state index is -0.333. The van der Waals surface area contributed by atoms with Crippen molar-refractivity contribution < 1.29 is 14.6 Å². The van der Waals surface area contributed by atoms with Crippen molar-refractivity contribution in [2.75, 3.05) is 13.2 Å². The van der Waals surface area contributed by atoms with Crippen LogP contribution in [-0.2, 0) is 0 Å². The molecule has 1 aromatic heterocycles. The quantitative estimate of drug-likeness (QED) is 0.731. The number of aromatic nitrogens is 1. The third kappa shape index (κ3) is 3.72. The van der Waals surface area contributed by atoms with Crippen molar-refractivity contribution in [2.45, 2.75) is 39.5 Å². The summed E-state index contributed by atoms with van der Waals surface area (Å²) in [4.78, 5) is 15.0. The molecule has 0 amide bonds. The summed E-state index contributed by atoms with van der Waals surface area (Å²) in [7, 11) is 0. The summed E-state index contributed by atoms with van der Waals surface area (Å²) in [5.41, 5.74) is 0.208. The third-order valence-electron chi connectivity index (χ3n) is 3.40. The molecule has 5 heteroatoms. The number of H-pyrrole nitrogens is 1. The van der Waals surface area contributed by atoms with Crippen molar-refractivity contribution in [3.63, 3.8) is 0 Å². The number of ether oxygens (including phenoxy) is 2. The Balaban J connectivity index is 2.45. The van der Waals surface area contributed by atoms with Crippen LogP contribution >= 0.6 is 0 Å². The molecule has 0 aliphatic rings. The van der Waals surface area contributed by atoms with E-state index >= 15 is 0 Å². The molecule has 0 unspecified atom stereocenters. The Kier molecular flexibility index (Phi) is 5.69. The molecule has 0 spiro atoms. The number of rotatable bonds is 8. The van der Waals surface area contributed by atoms with Gasteiger partial charge >= 0.3 is 0 Å². The van der Waals surface area contributed by atoms with Gasteiger partial charge in [-0.3, -0.25) is 4.79 Å². The Hall–Kier alpha value is -2.17. The van der Waals surface area contributed by atoms with Gasteiger partial charge in [-0.25, -0.2) is 0 Å². The molecule has 1 heterocycles. The van der Waals surface area contributed by atoms with Crippen LogP contribution < -0.4 is 15.0 Å². The van der Waals surface area contributed by atoms with Crippen molar-refractivity contribution in [1.82, 2.24) is 4.98 Å². The lowest BCUT2D eigenvalue weighted by molar-refractivity contribution is 0.261. The molecule has 1 aromatic carbocycles. The zero-order valence-electron chi connectivity index (χ0n) is 13.1. The maximum absolute atomic E-state index is 12.2. The highest BCUT2D eigenvalue weighted by molar-refractivity contribution is 5.88. The van der Waals surface area contributed by atoms with Crippen LogP contribution in [0.15, 0.2) is 23.0 Å². The van der Waals surface area contributed by atoms with Crippen LogP contribution in [0.4, 0.5) is 0 Å². The summed E-state index contributed by atoms with van der Waals surface area (Å²) < 4.78 is 11.5. The summed E-state index contributed by atoms with van der Waals surface area (Å²) >= 11 is 0. The first-order valence-corrected chi connectivity index (χ1v) is 7.82. The Morgan fingerprint density at radius 1 is 1.05 bits per heavy atom. The molecule has 0 saturated carbocycles. The molecule has 0 bridgehead atoms. The summed E-state index contributed by atoms with van der Waals surface area (Å²) in [6.07, 6.45) is 3.78. The molecule has 0 aliphatic heterocycles. The number of aromatic hydroxyl groups is 1. The lowest BCUT2D eigenvalue weighted by Crippen LogP contribution is -2.15. The second kappa shape index (κ2) is 7.73. The van der Waals surface area contributed by atoms with Crippen molar-refractivity contribution >= 4 is 10.9 Å². The Bertz CT molecular complexity index is 678. The fraction of sp³-hybridized carbons (Fsp3) is 0.471. The van der Waals surface area contributed by atoms with E-state index < -0.39 is 0 Å². The molecule has 5 nitrogen and oxygen atoms in total. The zero-order chi connectivity index (χ0) is 15.9. The first-order chi connectivity index (χ1) is 10.7. The molecular weight excluding hydrogens is 282 g/mol. The number of hydrogen-bond donors (Lipinski definition) is 2. The predicted octanol–water partition coefficient (Wildman–Crippen LogP) is 3.59. The highest BCUT2D eigenvalue weighted by Crippen LogP contribution is 2.33. The third-order valence-corrected chi connectivity index (χ3v) is 3.40. The highest BCUT2D eigenvalue weighted by atomic mass is 16.5. The Morgan fingerprint density at radius 2 is 1.68 bits per heavy atom. The maximum Gasteiger partial charge on any atom is 0.294 e. The van der Waals surface area contributed by atoms with E-state index in [1.807, 2.05) is 0 Å². The van der Waals surface area contributed by atoms with E-state index in [1.165, 1.54) is 6.07 Å². The van der Waals surface area contributed by atoms with Crippen LogP contribution in [0.2, 0.25) is 0 Å². The van der Waals surface area contributed by atoms with E-state index in [-0.39, 0.29) is 17.1 Å². The Morgan fingerprint density at radius 3 is 2.32 bits per heavy atom. The molecule has 120 valence electrons. The molecule has 0 aliphatic carbocycles. The van der Waals surface area contributed by atoms with Gasteiger partial charge in [-0.2, -0.15) is 0 Å². The second-order valence-electron chi connectivity index (χ2n) is 5.25. The summed E-state index contributed by atoms with van der Waals surface area (Å²) in [6.45, 7) is 5.15. The maximum atomic E-state index is 12.2. The fourth-order valence-corrected chi connectivity index (χ4v) is 2.15. The summed E-state index contributed by atoms with van der Waals surface area (Å²) in [6, 6.07) is 4.82. The van der Waals surface area contributed by atoms with Crippen LogP contribution in [0.1, 0.15) is 39.5 Å². The van der Waals surface area contributed by atoms with Gasteiger partial charge in [-0.05, 0) is 25.0 Å². The van der Waals surface area contributed by atoms with Crippen molar-refractivity contribution in [1.29, 1.82) is 0 Å². The molecule has 2 rings (SSSR count). The first kappa shape index (κ1) is 16.2. The largest absolute Gasteiger partial charge is 0.508 e. The molecule has 2 aromatic rings. The van der Waals surface area contributed by atoms with Gasteiger partial charge in [0.05, 0.1) is 18.7 Å². The fourth-order valence-electron chi connectivity index (χ4n) is 2.15. The van der Waals surface area contributed by atoms with Crippen LogP contribution in [0, 0.1) is 0 Å². The van der Waals surface area contributed by atoms with Gasteiger partial charge < -0.3 is 19.6 Å². The van der Waals surface area contributed by atoms with Gasteiger partial charge in [0.25, 0.3) is 5.56 Å². The number of fused-ring (bicyclic) bond motifs is 1. The molecule has 22 heavy (non-hydrogen) atoms. The molecular formula is C17H23NO4. The number of pyridine rings is 1. The van der Waals surface area contributed by atoms with Gasteiger partial charge in [0.2, 0.25) is 5.75 Å². The SMILES string of the molecule is CCCCOc1c(OCCCC)c2ccc(O)cc2[nH]c1=O. The van der Waals surface area contributed by atoms with E-state index in [1.54, 1.807) is 12.1 Å². The van der Waals surface area contributed by atoms with E-state index in [9.17, 15) is 9.90 Å². The summed E-state index contributed by atoms with van der Waals surface area (Å²) in [5, 5.41) is 10.3. The number of aromatic amines is 1. The van der Waals surface area contributed by atoms with Gasteiger partial charge in [-0.15, -0.1) is 0 Å². The van der Waals surface area contributed by atoms with E-state index in [0.717, 1.165) is 31.1 Å². The van der Waals surface area contributed by atoms with E-state index in [4.69, 9.17) is 9.47 Å². The first-order valence-electron chi connectivity index (χ1n) is 7.82. The average Bonchev–Trinajstić information content (AvgIpc) is 2.49. The number of nitrogens with one attached hydrogen (secondary N) is 1. The van der Waals surface area contributed by atoms with Gasteiger partial charge in [0.15, 0.2) is 5.75 Å². The Labute approximate surface area is 129 Å². The number of phenols is 1. The van der Waals surface area contributed by atoms with Gasteiger partial charge in [0.1, 0.15) is 5.75 Å². The van der Waals surface area contributed by atoms with Gasteiger partial charge in [0, 0.05) is 11.5 Å². The smallest absolute Gasteiger partial charge is 0.294 e. The van der Waals surface area contributed by atoms with Crippen molar-refractivity contribution in [3.05, 3.63) is 28.6 Å². The number of benzene rings is 1. The molecule has 0 radical (unpaired) electrons. The number of hydrogen-bond acceptors (Lipinski definition) is 4. The van der Waals surface area contributed by atoms with Crippen LogP contribution in [0.3, 0.4) is 0 Å². The summed E-state index contributed by atoms with van der Waals surface area (Å²) in [5.74, 6) is 0.786. The molecule has 0 saturated heterocycles. The number of unbranched alkanes of at least 4 members (excludes halogenated alkanes) is 2. The van der Waals surface area contributed by atoms with E-state index in [0.29, 0.717) is 24.5 Å². The van der Waals surface area contributed by atoms with Gasteiger partial charge in [-0.1, -0.05) is 26.7 Å². The molecule has 0 atom stereocenters. The molecule has 2 N–H and O–H groups in total. The lowest BCUT2D eigenvalue weighted by Gasteiger charge is -2.14. The standard InChI is InChI=1S/C17H23NO4/c1-3-5-9-21-15-13-8-7-12(19)11-14(13)18-17(20)16(15)22-10-6-4-2/h7-8,11,19H,3-6,9-10H2,1-2H3,(H,18,20). The lowest BCUT2D eigenvalue weighted by atomic mass is 10.2. The molecule has 0 fully saturated rings. The monoisotopic (exact) mass is 305 g/mol. The topological polar surface area (TPSA) is 71.5 Å². The minimum Gasteiger partial charge on any atom is -0.508 e. The number of phenolic OH excluding ortho intramolecular Hbond substituents is 1.